The molecule has 0 saturated carbocycles. The van der Waals surface area contributed by atoms with E-state index in [0.29, 0.717) is 18.7 Å². The monoisotopic (exact) mass is 316 g/mol. The Bertz CT molecular complexity index is 590. The second-order valence-corrected chi connectivity index (χ2v) is 6.51. The quantitative estimate of drug-likeness (QED) is 0.858. The molecule has 2 aliphatic heterocycles. The fourth-order valence-corrected chi connectivity index (χ4v) is 3.90. The van der Waals surface area contributed by atoms with Crippen molar-refractivity contribution in [3.8, 4) is 6.07 Å². The SMILES string of the molecule is CCCc1occc1C(=O)N1CCC[C@]2(CCCCO2)[C@H]1C#N. The van der Waals surface area contributed by atoms with Gasteiger partial charge in [0, 0.05) is 19.6 Å². The molecule has 0 N–H and O–H groups in total. The maximum absolute atomic E-state index is 13.0. The number of piperidine rings is 1. The standard InChI is InChI=1S/C18H24N2O3/c1-2-6-15-14(7-12-22-15)17(21)20-10-5-9-18(16(20)13-19)8-3-4-11-23-18/h7,12,16H,2-6,8-11H2,1H3/t16-,18-/m1/s1. The predicted octanol–water partition coefficient (Wildman–Crippen LogP) is 3.30. The molecular formula is C18H24N2O3. The topological polar surface area (TPSA) is 66.5 Å². The summed E-state index contributed by atoms with van der Waals surface area (Å²) in [7, 11) is 0. The van der Waals surface area contributed by atoms with Crippen molar-refractivity contribution >= 4 is 5.91 Å². The van der Waals surface area contributed by atoms with Crippen LogP contribution in [0.25, 0.3) is 0 Å². The highest BCUT2D eigenvalue weighted by Gasteiger charge is 2.48. The molecule has 3 heterocycles. The molecule has 3 rings (SSSR count). The van der Waals surface area contributed by atoms with Gasteiger partial charge in [-0.25, -0.2) is 0 Å². The molecule has 0 bridgehead atoms. The molecule has 0 aliphatic carbocycles. The second-order valence-electron chi connectivity index (χ2n) is 6.51. The Hall–Kier alpha value is -1.80. The van der Waals surface area contributed by atoms with Gasteiger partial charge in [-0.1, -0.05) is 6.92 Å². The Labute approximate surface area is 137 Å². The van der Waals surface area contributed by atoms with Crippen molar-refractivity contribution in [3.63, 3.8) is 0 Å². The van der Waals surface area contributed by atoms with E-state index >= 15 is 0 Å². The van der Waals surface area contributed by atoms with Gasteiger partial charge in [0.25, 0.3) is 5.91 Å². The lowest BCUT2D eigenvalue weighted by Gasteiger charge is -2.48. The van der Waals surface area contributed by atoms with Crippen LogP contribution in [0.3, 0.4) is 0 Å². The second kappa shape index (κ2) is 6.76. The van der Waals surface area contributed by atoms with Crippen LogP contribution in [0.2, 0.25) is 0 Å². The first-order valence-electron chi connectivity index (χ1n) is 8.63. The summed E-state index contributed by atoms with van der Waals surface area (Å²) in [6.07, 6.45) is 7.93. The minimum Gasteiger partial charge on any atom is -0.469 e. The highest BCUT2D eigenvalue weighted by molar-refractivity contribution is 5.95. The molecule has 1 aromatic rings. The Kier molecular flexibility index (Phi) is 4.72. The Balaban J connectivity index is 1.87. The molecule has 1 amide bonds. The van der Waals surface area contributed by atoms with Gasteiger partial charge in [-0.05, 0) is 44.6 Å². The van der Waals surface area contributed by atoms with Gasteiger partial charge < -0.3 is 14.1 Å². The Morgan fingerprint density at radius 1 is 1.43 bits per heavy atom. The summed E-state index contributed by atoms with van der Waals surface area (Å²) < 4.78 is 11.5. The van der Waals surface area contributed by atoms with E-state index in [-0.39, 0.29) is 5.91 Å². The number of rotatable bonds is 3. The molecule has 0 unspecified atom stereocenters. The third-order valence-corrected chi connectivity index (χ3v) is 5.03. The van der Waals surface area contributed by atoms with Crippen LogP contribution in [0, 0.1) is 11.3 Å². The van der Waals surface area contributed by atoms with E-state index in [2.05, 4.69) is 13.0 Å². The summed E-state index contributed by atoms with van der Waals surface area (Å²) in [5.41, 5.74) is 0.121. The zero-order valence-corrected chi connectivity index (χ0v) is 13.7. The number of furan rings is 1. The minimum atomic E-state index is -0.506. The number of hydrogen-bond acceptors (Lipinski definition) is 4. The molecule has 1 aromatic heterocycles. The van der Waals surface area contributed by atoms with Crippen LogP contribution >= 0.6 is 0 Å². The third-order valence-electron chi connectivity index (χ3n) is 5.03. The number of nitriles is 1. The highest BCUT2D eigenvalue weighted by Crippen LogP contribution is 2.39. The molecule has 0 radical (unpaired) electrons. The molecule has 5 heteroatoms. The number of ether oxygens (including phenoxy) is 1. The molecule has 5 nitrogen and oxygen atoms in total. The first-order chi connectivity index (χ1) is 11.2. The maximum Gasteiger partial charge on any atom is 0.258 e. The van der Waals surface area contributed by atoms with Crippen molar-refractivity contribution in [2.45, 2.75) is 63.5 Å². The number of aryl methyl sites for hydroxylation is 1. The summed E-state index contributed by atoms with van der Waals surface area (Å²) in [6, 6.07) is 3.58. The Morgan fingerprint density at radius 2 is 2.26 bits per heavy atom. The first kappa shape index (κ1) is 16.1. The van der Waals surface area contributed by atoms with Crippen LogP contribution in [0.4, 0.5) is 0 Å². The predicted molar refractivity (Wildman–Crippen MR) is 84.9 cm³/mol. The van der Waals surface area contributed by atoms with Gasteiger partial charge in [0.15, 0.2) is 0 Å². The smallest absolute Gasteiger partial charge is 0.258 e. The van der Waals surface area contributed by atoms with E-state index < -0.39 is 11.6 Å². The van der Waals surface area contributed by atoms with Crippen molar-refractivity contribution in [2.75, 3.05) is 13.2 Å². The average molecular weight is 316 g/mol. The number of carbonyl (C=O) groups is 1. The minimum absolute atomic E-state index is 0.0954. The molecule has 2 atom stereocenters. The van der Waals surface area contributed by atoms with Crippen LogP contribution in [-0.4, -0.2) is 35.6 Å². The van der Waals surface area contributed by atoms with Crippen molar-refractivity contribution < 1.29 is 13.9 Å². The molecule has 2 aliphatic rings. The number of carbonyl (C=O) groups excluding carboxylic acids is 1. The van der Waals surface area contributed by atoms with Gasteiger partial charge in [-0.2, -0.15) is 5.26 Å². The van der Waals surface area contributed by atoms with Crippen LogP contribution in [0.5, 0.6) is 0 Å². The fraction of sp³-hybridized carbons (Fsp3) is 0.667. The maximum atomic E-state index is 13.0. The van der Waals surface area contributed by atoms with Crippen molar-refractivity contribution in [1.29, 1.82) is 5.26 Å². The van der Waals surface area contributed by atoms with E-state index in [1.54, 1.807) is 17.2 Å². The summed E-state index contributed by atoms with van der Waals surface area (Å²) in [6.45, 7) is 3.35. The van der Waals surface area contributed by atoms with Crippen molar-refractivity contribution in [2.24, 2.45) is 0 Å². The van der Waals surface area contributed by atoms with E-state index in [1.807, 2.05) is 0 Å². The normalized spacial score (nSPS) is 27.8. The summed E-state index contributed by atoms with van der Waals surface area (Å²) in [4.78, 5) is 14.7. The van der Waals surface area contributed by atoms with Gasteiger partial charge in [0.05, 0.1) is 17.9 Å². The van der Waals surface area contributed by atoms with Gasteiger partial charge in [0.1, 0.15) is 17.4 Å². The van der Waals surface area contributed by atoms with Crippen LogP contribution in [-0.2, 0) is 11.2 Å². The van der Waals surface area contributed by atoms with Crippen LogP contribution < -0.4 is 0 Å². The van der Waals surface area contributed by atoms with Crippen LogP contribution in [0.15, 0.2) is 16.7 Å². The van der Waals surface area contributed by atoms with Crippen LogP contribution in [0.1, 0.15) is 61.6 Å². The highest BCUT2D eigenvalue weighted by atomic mass is 16.5. The van der Waals surface area contributed by atoms with Gasteiger partial charge >= 0.3 is 0 Å². The van der Waals surface area contributed by atoms with Crippen molar-refractivity contribution in [1.82, 2.24) is 4.90 Å². The number of hydrogen-bond donors (Lipinski definition) is 0. The average Bonchev–Trinajstić information content (AvgIpc) is 3.03. The molecule has 23 heavy (non-hydrogen) atoms. The molecule has 2 fully saturated rings. The van der Waals surface area contributed by atoms with E-state index in [4.69, 9.17) is 9.15 Å². The van der Waals surface area contributed by atoms with Gasteiger partial charge in [-0.3, -0.25) is 4.79 Å². The van der Waals surface area contributed by atoms with Crippen molar-refractivity contribution in [3.05, 3.63) is 23.7 Å². The molecule has 1 spiro atoms. The number of amides is 1. The summed E-state index contributed by atoms with van der Waals surface area (Å²) in [5, 5.41) is 9.75. The largest absolute Gasteiger partial charge is 0.469 e. The molecule has 124 valence electrons. The zero-order valence-electron chi connectivity index (χ0n) is 13.7. The zero-order chi connectivity index (χ0) is 16.3. The lowest BCUT2D eigenvalue weighted by Crippen LogP contribution is -2.60. The van der Waals surface area contributed by atoms with E-state index in [0.717, 1.165) is 50.7 Å². The van der Waals surface area contributed by atoms with E-state index in [1.165, 1.54) is 0 Å². The van der Waals surface area contributed by atoms with Gasteiger partial charge in [-0.15, -0.1) is 0 Å². The third kappa shape index (κ3) is 2.88. The lowest BCUT2D eigenvalue weighted by molar-refractivity contribution is -0.128. The molecular weight excluding hydrogens is 292 g/mol. The first-order valence-corrected chi connectivity index (χ1v) is 8.63. The Morgan fingerprint density at radius 3 is 2.96 bits per heavy atom. The lowest BCUT2D eigenvalue weighted by atomic mass is 9.79. The summed E-state index contributed by atoms with van der Waals surface area (Å²) >= 11 is 0. The summed E-state index contributed by atoms with van der Waals surface area (Å²) in [5.74, 6) is 0.625. The molecule has 0 aromatic carbocycles. The van der Waals surface area contributed by atoms with Gasteiger partial charge in [0.2, 0.25) is 0 Å². The number of nitrogens with zero attached hydrogens (tertiary/aromatic N) is 2. The van der Waals surface area contributed by atoms with E-state index in [9.17, 15) is 10.1 Å². The fourth-order valence-electron chi connectivity index (χ4n) is 3.90. The number of likely N-dealkylation sites (tertiary alicyclic amines) is 1. The molecule has 2 saturated heterocycles.